The summed E-state index contributed by atoms with van der Waals surface area (Å²) >= 11 is 0. The van der Waals surface area contributed by atoms with Gasteiger partial charge >= 0.3 is 17.1 Å². The molecular weight excluding hydrogens is 296 g/mol. The second kappa shape index (κ2) is 10.9. The van der Waals surface area contributed by atoms with E-state index >= 15 is 0 Å². The third kappa shape index (κ3) is 6.24. The fourth-order valence-electron chi connectivity index (χ4n) is 1.97. The first-order chi connectivity index (χ1) is 9.92. The molecule has 2 fully saturated rings. The Balaban J connectivity index is 0.000000313. The molecule has 0 aliphatic heterocycles. The smallest absolute Gasteiger partial charge is 0.0991 e. The molecule has 10 radical (unpaired) electrons. The Hall–Kier alpha value is -0.781. The van der Waals surface area contributed by atoms with Crippen LogP contribution in [0.25, 0.3) is 5.57 Å². The second-order valence-corrected chi connectivity index (χ2v) is 4.32. The van der Waals surface area contributed by atoms with Gasteiger partial charge in [-0.15, -0.1) is 0 Å². The van der Waals surface area contributed by atoms with Gasteiger partial charge in [0.1, 0.15) is 0 Å². The van der Waals surface area contributed by atoms with Crippen molar-refractivity contribution < 1.29 is 17.1 Å². The molecule has 1 heteroatoms. The van der Waals surface area contributed by atoms with Crippen molar-refractivity contribution in [2.45, 2.75) is 0 Å². The minimum Gasteiger partial charge on any atom is -0.0991 e. The van der Waals surface area contributed by atoms with E-state index in [0.717, 1.165) is 0 Å². The number of benzene rings is 1. The quantitative estimate of drug-likeness (QED) is 0.561. The molecule has 1 aromatic rings. The SMILES string of the molecule is C=C/C=C(/[C]1[CH][CH][CH][CH]1)c1ccccc1.[CH]1[CH][CH][CH][CH]1.[Fe+2]. The van der Waals surface area contributed by atoms with Gasteiger partial charge in [0.15, 0.2) is 0 Å². The Kier molecular flexibility index (Phi) is 9.46. The van der Waals surface area contributed by atoms with E-state index in [1.165, 1.54) is 17.1 Å². The number of hydrogen-bond donors (Lipinski definition) is 0. The standard InChI is InChI=1S/C15H13.C5H5.Fe/c1-2-8-15(14-11-6-7-12-14)13-9-4-3-5-10-13;1-2-4-5-3-1;/h2-12H,1H2;1-5H;/q;;+2/b15-8+;;. The number of hydrogen-bond acceptors (Lipinski definition) is 0. The predicted molar refractivity (Wildman–Crippen MR) is 86.6 cm³/mol. The van der Waals surface area contributed by atoms with E-state index in [0.29, 0.717) is 0 Å². The zero-order chi connectivity index (χ0) is 14.0. The Bertz CT molecular complexity index is 401. The van der Waals surface area contributed by atoms with Gasteiger partial charge in [-0.2, -0.15) is 0 Å². The van der Waals surface area contributed by atoms with Gasteiger partial charge in [0.25, 0.3) is 0 Å². The Labute approximate surface area is 141 Å². The van der Waals surface area contributed by atoms with E-state index in [9.17, 15) is 0 Å². The van der Waals surface area contributed by atoms with E-state index in [4.69, 9.17) is 0 Å². The van der Waals surface area contributed by atoms with Crippen molar-refractivity contribution in [2.24, 2.45) is 0 Å². The maximum atomic E-state index is 3.76. The van der Waals surface area contributed by atoms with Crippen LogP contribution in [-0.4, -0.2) is 0 Å². The molecule has 0 aromatic heterocycles. The van der Waals surface area contributed by atoms with Gasteiger partial charge in [-0.3, -0.25) is 0 Å². The van der Waals surface area contributed by atoms with Crippen molar-refractivity contribution in [1.82, 2.24) is 0 Å². The molecule has 104 valence electrons. The molecule has 0 atom stereocenters. The van der Waals surface area contributed by atoms with Crippen LogP contribution in [0.2, 0.25) is 0 Å². The molecule has 2 aliphatic rings. The van der Waals surface area contributed by atoms with Gasteiger partial charge in [0.2, 0.25) is 0 Å². The van der Waals surface area contributed by atoms with Gasteiger partial charge in [-0.1, -0.05) is 49.1 Å². The average Bonchev–Trinajstić information content (AvgIpc) is 3.21. The summed E-state index contributed by atoms with van der Waals surface area (Å²) in [5, 5.41) is 0. The normalized spacial score (nSPS) is 18.6. The van der Waals surface area contributed by atoms with E-state index in [-0.39, 0.29) is 17.1 Å². The zero-order valence-corrected chi connectivity index (χ0v) is 12.9. The molecular formula is C20H18Fe+2. The van der Waals surface area contributed by atoms with Gasteiger partial charge in [-0.05, 0) is 68.9 Å². The molecule has 21 heavy (non-hydrogen) atoms. The second-order valence-electron chi connectivity index (χ2n) is 4.32. The summed E-state index contributed by atoms with van der Waals surface area (Å²) in [5.74, 6) is 1.24. The zero-order valence-electron chi connectivity index (χ0n) is 11.8. The minimum absolute atomic E-state index is 0. The molecule has 0 saturated heterocycles. The summed E-state index contributed by atoms with van der Waals surface area (Å²) in [7, 11) is 0. The third-order valence-corrected chi connectivity index (χ3v) is 2.90. The molecule has 3 rings (SSSR count). The summed E-state index contributed by atoms with van der Waals surface area (Å²) in [6.45, 7) is 3.76. The van der Waals surface area contributed by atoms with Crippen LogP contribution in [0.5, 0.6) is 0 Å². The average molecular weight is 314 g/mol. The van der Waals surface area contributed by atoms with Gasteiger partial charge in [-0.25, -0.2) is 0 Å². The van der Waals surface area contributed by atoms with Crippen LogP contribution in [0.3, 0.4) is 0 Å². The van der Waals surface area contributed by atoms with Gasteiger partial charge < -0.3 is 0 Å². The Morgan fingerprint density at radius 3 is 1.76 bits per heavy atom. The molecule has 0 bridgehead atoms. The fraction of sp³-hybridized carbons (Fsp3) is 0. The van der Waals surface area contributed by atoms with Crippen LogP contribution in [0.4, 0.5) is 0 Å². The Morgan fingerprint density at radius 2 is 1.29 bits per heavy atom. The molecule has 0 amide bonds. The minimum atomic E-state index is 0. The van der Waals surface area contributed by atoms with Crippen LogP contribution in [0.15, 0.2) is 49.1 Å². The van der Waals surface area contributed by atoms with Crippen molar-refractivity contribution >= 4 is 5.57 Å². The van der Waals surface area contributed by atoms with Gasteiger partial charge in [0.05, 0.1) is 0 Å². The summed E-state index contributed by atoms with van der Waals surface area (Å²) < 4.78 is 0. The van der Waals surface area contributed by atoms with Crippen molar-refractivity contribution in [3.63, 3.8) is 0 Å². The van der Waals surface area contributed by atoms with Crippen molar-refractivity contribution in [3.05, 3.63) is 118 Å². The van der Waals surface area contributed by atoms with Crippen LogP contribution in [0.1, 0.15) is 5.56 Å². The third-order valence-electron chi connectivity index (χ3n) is 2.90. The predicted octanol–water partition coefficient (Wildman–Crippen LogP) is 4.68. The monoisotopic (exact) mass is 314 g/mol. The fourth-order valence-corrected chi connectivity index (χ4v) is 1.97. The van der Waals surface area contributed by atoms with Crippen molar-refractivity contribution in [3.8, 4) is 0 Å². The van der Waals surface area contributed by atoms with Crippen molar-refractivity contribution in [2.75, 3.05) is 0 Å². The first-order valence-electron chi connectivity index (χ1n) is 6.68. The first-order valence-corrected chi connectivity index (χ1v) is 6.68. The number of rotatable bonds is 3. The number of allylic oxidation sites excluding steroid dienone is 3. The largest absolute Gasteiger partial charge is 2.00 e. The summed E-state index contributed by atoms with van der Waals surface area (Å²) in [6.07, 6.45) is 22.2. The topological polar surface area (TPSA) is 0 Å². The first kappa shape index (κ1) is 18.3. The molecule has 0 N–H and O–H groups in total. The molecule has 2 aliphatic carbocycles. The van der Waals surface area contributed by atoms with E-state index in [2.05, 4.69) is 56.5 Å². The van der Waals surface area contributed by atoms with Crippen LogP contribution < -0.4 is 0 Å². The van der Waals surface area contributed by atoms with Crippen LogP contribution in [0, 0.1) is 63.7 Å². The molecule has 0 unspecified atom stereocenters. The summed E-state index contributed by atoms with van der Waals surface area (Å²) in [4.78, 5) is 0. The van der Waals surface area contributed by atoms with Crippen molar-refractivity contribution in [1.29, 1.82) is 0 Å². The summed E-state index contributed by atoms with van der Waals surface area (Å²) in [6, 6.07) is 10.4. The maximum absolute atomic E-state index is 3.76. The van der Waals surface area contributed by atoms with E-state index < -0.39 is 0 Å². The summed E-state index contributed by atoms with van der Waals surface area (Å²) in [5.41, 5.74) is 2.44. The van der Waals surface area contributed by atoms with E-state index in [1.807, 2.05) is 50.3 Å². The maximum Gasteiger partial charge on any atom is 2.00 e. The molecule has 0 nitrogen and oxygen atoms in total. The molecule has 2 saturated carbocycles. The molecule has 1 aromatic carbocycles. The van der Waals surface area contributed by atoms with Crippen LogP contribution in [-0.2, 0) is 17.1 Å². The molecule has 0 spiro atoms. The van der Waals surface area contributed by atoms with Crippen LogP contribution >= 0.6 is 0 Å². The van der Waals surface area contributed by atoms with Gasteiger partial charge in [0, 0.05) is 5.92 Å². The Morgan fingerprint density at radius 1 is 0.762 bits per heavy atom. The van der Waals surface area contributed by atoms with E-state index in [1.54, 1.807) is 0 Å². The molecule has 0 heterocycles.